The zero-order valence-electron chi connectivity index (χ0n) is 11.8. The lowest BCUT2D eigenvalue weighted by atomic mass is 10.2. The monoisotopic (exact) mass is 283 g/mol. The van der Waals surface area contributed by atoms with Crippen LogP contribution in [-0.2, 0) is 9.53 Å². The van der Waals surface area contributed by atoms with Gasteiger partial charge in [0.1, 0.15) is 5.60 Å². The Kier molecular flexibility index (Phi) is 5.82. The second-order valence-corrected chi connectivity index (χ2v) is 6.27. The summed E-state index contributed by atoms with van der Waals surface area (Å²) in [6.45, 7) is 7.44. The van der Waals surface area contributed by atoms with Crippen LogP contribution in [0.1, 0.15) is 45.9 Å². The summed E-state index contributed by atoms with van der Waals surface area (Å²) in [5.41, 5.74) is 0.203. The molecule has 0 amide bonds. The normalized spacial score (nSPS) is 13.1. The largest absolute Gasteiger partial charge is 0.459 e. The molecule has 5 heteroatoms. The van der Waals surface area contributed by atoms with E-state index in [0.717, 1.165) is 4.90 Å². The van der Waals surface area contributed by atoms with E-state index in [1.54, 1.807) is 12.3 Å². The molecule has 0 aromatic carbocycles. The number of carbonyl (C=O) groups is 1. The Morgan fingerprint density at radius 3 is 2.63 bits per heavy atom. The minimum Gasteiger partial charge on any atom is -0.459 e. The number of aromatic nitrogens is 1. The zero-order chi connectivity index (χ0) is 14.5. The SMILES string of the molecule is CC[C@@H](O)c1ccc(SCC(=O)OC(C)(C)C)cn1. The van der Waals surface area contributed by atoms with Crippen molar-refractivity contribution in [2.75, 3.05) is 5.75 Å². The van der Waals surface area contributed by atoms with Gasteiger partial charge >= 0.3 is 5.97 Å². The molecule has 1 aromatic rings. The summed E-state index contributed by atoms with van der Waals surface area (Å²) in [6, 6.07) is 3.64. The standard InChI is InChI=1S/C14H21NO3S/c1-5-12(16)11-7-6-10(8-15-11)19-9-13(17)18-14(2,3)4/h6-8,12,16H,5,9H2,1-4H3/t12-/m1/s1. The van der Waals surface area contributed by atoms with Crippen LogP contribution < -0.4 is 0 Å². The predicted octanol–water partition coefficient (Wildman–Crippen LogP) is 2.96. The number of carbonyl (C=O) groups excluding carboxylic acids is 1. The first-order valence-electron chi connectivity index (χ1n) is 6.30. The number of rotatable bonds is 5. The quantitative estimate of drug-likeness (QED) is 0.665. The summed E-state index contributed by atoms with van der Waals surface area (Å²) in [4.78, 5) is 16.6. The molecule has 106 valence electrons. The number of hydrogen-bond donors (Lipinski definition) is 1. The fourth-order valence-electron chi connectivity index (χ4n) is 1.40. The van der Waals surface area contributed by atoms with Crippen molar-refractivity contribution in [1.82, 2.24) is 4.98 Å². The van der Waals surface area contributed by atoms with Gasteiger partial charge in [-0.05, 0) is 39.3 Å². The van der Waals surface area contributed by atoms with Crippen molar-refractivity contribution in [2.45, 2.75) is 50.7 Å². The number of thioether (sulfide) groups is 1. The zero-order valence-corrected chi connectivity index (χ0v) is 12.7. The van der Waals surface area contributed by atoms with E-state index in [0.29, 0.717) is 12.1 Å². The fourth-order valence-corrected chi connectivity index (χ4v) is 2.03. The Hall–Kier alpha value is -1.07. The number of aliphatic hydroxyl groups is 1. The number of pyridine rings is 1. The van der Waals surface area contributed by atoms with E-state index in [-0.39, 0.29) is 11.7 Å². The highest BCUT2D eigenvalue weighted by atomic mass is 32.2. The molecule has 1 aromatic heterocycles. The van der Waals surface area contributed by atoms with Gasteiger partial charge in [0, 0.05) is 11.1 Å². The number of esters is 1. The first-order valence-corrected chi connectivity index (χ1v) is 7.29. The van der Waals surface area contributed by atoms with Crippen molar-refractivity contribution in [3.05, 3.63) is 24.0 Å². The molecule has 0 bridgehead atoms. The van der Waals surface area contributed by atoms with E-state index in [2.05, 4.69) is 4.98 Å². The maximum atomic E-state index is 11.6. The van der Waals surface area contributed by atoms with Gasteiger partial charge in [0.2, 0.25) is 0 Å². The molecule has 1 atom stereocenters. The second kappa shape index (κ2) is 6.91. The van der Waals surface area contributed by atoms with Gasteiger partial charge < -0.3 is 9.84 Å². The van der Waals surface area contributed by atoms with Crippen LogP contribution in [0.5, 0.6) is 0 Å². The Bertz CT molecular complexity index is 412. The molecule has 0 saturated carbocycles. The van der Waals surface area contributed by atoms with Gasteiger partial charge in [0.25, 0.3) is 0 Å². The van der Waals surface area contributed by atoms with Gasteiger partial charge in [-0.25, -0.2) is 0 Å². The molecular formula is C14H21NO3S. The lowest BCUT2D eigenvalue weighted by Crippen LogP contribution is -2.24. The van der Waals surface area contributed by atoms with Crippen LogP contribution in [-0.4, -0.2) is 27.4 Å². The van der Waals surface area contributed by atoms with E-state index in [9.17, 15) is 9.90 Å². The molecular weight excluding hydrogens is 262 g/mol. The highest BCUT2D eigenvalue weighted by molar-refractivity contribution is 8.00. The van der Waals surface area contributed by atoms with E-state index in [4.69, 9.17) is 4.74 Å². The molecule has 0 spiro atoms. The Morgan fingerprint density at radius 1 is 1.47 bits per heavy atom. The molecule has 0 saturated heterocycles. The topological polar surface area (TPSA) is 59.4 Å². The molecule has 0 aliphatic heterocycles. The molecule has 0 unspecified atom stereocenters. The van der Waals surface area contributed by atoms with Crippen molar-refractivity contribution in [2.24, 2.45) is 0 Å². The summed E-state index contributed by atoms with van der Waals surface area (Å²) in [7, 11) is 0. The molecule has 4 nitrogen and oxygen atoms in total. The van der Waals surface area contributed by atoms with Gasteiger partial charge in [-0.2, -0.15) is 0 Å². The van der Waals surface area contributed by atoms with Gasteiger partial charge in [0.05, 0.1) is 17.6 Å². The first-order chi connectivity index (χ1) is 8.81. The van der Waals surface area contributed by atoms with Crippen molar-refractivity contribution >= 4 is 17.7 Å². The Balaban J connectivity index is 2.48. The highest BCUT2D eigenvalue weighted by Crippen LogP contribution is 2.21. The maximum absolute atomic E-state index is 11.6. The molecule has 0 radical (unpaired) electrons. The number of aliphatic hydroxyl groups excluding tert-OH is 1. The molecule has 0 aliphatic rings. The average Bonchev–Trinajstić information content (AvgIpc) is 2.34. The first kappa shape index (κ1) is 16.0. The van der Waals surface area contributed by atoms with Crippen LogP contribution in [0.3, 0.4) is 0 Å². The third kappa shape index (κ3) is 6.07. The molecule has 1 N–H and O–H groups in total. The molecule has 0 fully saturated rings. The summed E-state index contributed by atoms with van der Waals surface area (Å²) in [6.07, 6.45) is 1.78. The number of nitrogens with zero attached hydrogens (tertiary/aromatic N) is 1. The second-order valence-electron chi connectivity index (χ2n) is 5.22. The number of ether oxygens (including phenoxy) is 1. The lowest BCUT2D eigenvalue weighted by molar-refractivity contribution is -0.151. The van der Waals surface area contributed by atoms with Gasteiger partial charge in [-0.3, -0.25) is 9.78 Å². The smallest absolute Gasteiger partial charge is 0.316 e. The minimum absolute atomic E-state index is 0.241. The Labute approximate surface area is 118 Å². The third-order valence-electron chi connectivity index (χ3n) is 2.26. The van der Waals surface area contributed by atoms with E-state index >= 15 is 0 Å². The van der Waals surface area contributed by atoms with Crippen molar-refractivity contribution in [3.63, 3.8) is 0 Å². The van der Waals surface area contributed by atoms with Crippen LogP contribution in [0.25, 0.3) is 0 Å². The number of hydrogen-bond acceptors (Lipinski definition) is 5. The van der Waals surface area contributed by atoms with Gasteiger partial charge in [-0.15, -0.1) is 11.8 Å². The van der Waals surface area contributed by atoms with Gasteiger partial charge in [-0.1, -0.05) is 6.92 Å². The molecule has 0 aliphatic carbocycles. The van der Waals surface area contributed by atoms with Crippen LogP contribution in [0, 0.1) is 0 Å². The van der Waals surface area contributed by atoms with Gasteiger partial charge in [0.15, 0.2) is 0 Å². The third-order valence-corrected chi connectivity index (χ3v) is 3.22. The van der Waals surface area contributed by atoms with E-state index < -0.39 is 11.7 Å². The molecule has 1 heterocycles. The highest BCUT2D eigenvalue weighted by Gasteiger charge is 2.16. The van der Waals surface area contributed by atoms with E-state index in [1.807, 2.05) is 33.8 Å². The van der Waals surface area contributed by atoms with Crippen LogP contribution in [0.15, 0.2) is 23.2 Å². The van der Waals surface area contributed by atoms with Crippen LogP contribution in [0.2, 0.25) is 0 Å². The molecule has 1 rings (SSSR count). The minimum atomic E-state index is -0.523. The van der Waals surface area contributed by atoms with Crippen LogP contribution >= 0.6 is 11.8 Å². The summed E-state index contributed by atoms with van der Waals surface area (Å²) in [5.74, 6) is 0.0180. The summed E-state index contributed by atoms with van der Waals surface area (Å²) < 4.78 is 5.22. The summed E-state index contributed by atoms with van der Waals surface area (Å²) in [5, 5.41) is 9.62. The molecule has 19 heavy (non-hydrogen) atoms. The predicted molar refractivity (Wildman–Crippen MR) is 76.1 cm³/mol. The summed E-state index contributed by atoms with van der Waals surface area (Å²) >= 11 is 1.38. The van der Waals surface area contributed by atoms with Crippen LogP contribution in [0.4, 0.5) is 0 Å². The van der Waals surface area contributed by atoms with Crippen molar-refractivity contribution in [1.29, 1.82) is 0 Å². The fraction of sp³-hybridized carbons (Fsp3) is 0.571. The lowest BCUT2D eigenvalue weighted by Gasteiger charge is -2.19. The van der Waals surface area contributed by atoms with Crippen molar-refractivity contribution in [3.8, 4) is 0 Å². The average molecular weight is 283 g/mol. The van der Waals surface area contributed by atoms with Crippen molar-refractivity contribution < 1.29 is 14.6 Å². The van der Waals surface area contributed by atoms with E-state index in [1.165, 1.54) is 11.8 Å². The maximum Gasteiger partial charge on any atom is 0.316 e. The Morgan fingerprint density at radius 2 is 2.16 bits per heavy atom.